The largest absolute Gasteiger partial charge is 1.00 e. The Labute approximate surface area is 172 Å². The predicted molar refractivity (Wildman–Crippen MR) is 88.9 cm³/mol. The second-order valence-corrected chi connectivity index (χ2v) is 6.75. The van der Waals surface area contributed by atoms with Gasteiger partial charge in [-0.05, 0) is 18.1 Å². The van der Waals surface area contributed by atoms with Gasteiger partial charge in [0.15, 0.2) is 5.69 Å². The number of hydrogen-bond donors (Lipinski definition) is 2. The molecule has 0 aliphatic heterocycles. The molecule has 2 aromatic rings. The van der Waals surface area contributed by atoms with Crippen molar-refractivity contribution in [1.29, 1.82) is 0 Å². The molecule has 24 heavy (non-hydrogen) atoms. The van der Waals surface area contributed by atoms with Crippen LogP contribution in [-0.4, -0.2) is 40.4 Å². The van der Waals surface area contributed by atoms with Crippen molar-refractivity contribution in [3.63, 3.8) is 0 Å². The SMILES string of the molecule is COC(=O)c1c2c(Br)cccc2nn1CC(C)C.O=S(=O)(O)O.[H-].[Na+]. The molecule has 2 N–H and O–H groups in total. The van der Waals surface area contributed by atoms with Gasteiger partial charge in [-0.1, -0.05) is 35.8 Å². The predicted octanol–water partition coefficient (Wildman–Crippen LogP) is -0.295. The number of halogens is 1. The Morgan fingerprint density at radius 2 is 1.96 bits per heavy atom. The second-order valence-electron chi connectivity index (χ2n) is 5.00. The minimum atomic E-state index is -4.67. The molecule has 130 valence electrons. The Morgan fingerprint density at radius 3 is 2.42 bits per heavy atom. The van der Waals surface area contributed by atoms with E-state index < -0.39 is 10.4 Å². The van der Waals surface area contributed by atoms with E-state index in [4.69, 9.17) is 22.3 Å². The van der Waals surface area contributed by atoms with Gasteiger partial charge in [0.25, 0.3) is 0 Å². The minimum absolute atomic E-state index is 0. The molecule has 0 unspecified atom stereocenters. The Kier molecular flexibility index (Phi) is 9.65. The maximum absolute atomic E-state index is 11.9. The third kappa shape index (κ3) is 7.18. The number of benzene rings is 1. The van der Waals surface area contributed by atoms with E-state index >= 15 is 0 Å². The molecule has 8 nitrogen and oxygen atoms in total. The van der Waals surface area contributed by atoms with Crippen molar-refractivity contribution in [3.05, 3.63) is 28.4 Å². The van der Waals surface area contributed by atoms with E-state index in [1.54, 1.807) is 4.68 Å². The molecule has 11 heteroatoms. The molecule has 0 saturated heterocycles. The molecule has 1 aromatic heterocycles. The fourth-order valence-corrected chi connectivity index (χ4v) is 2.47. The topological polar surface area (TPSA) is 119 Å². The van der Waals surface area contributed by atoms with Crippen LogP contribution in [0.5, 0.6) is 0 Å². The Bertz CT molecular complexity index is 804. The Hall–Kier alpha value is -0.490. The van der Waals surface area contributed by atoms with Crippen LogP contribution in [0.1, 0.15) is 25.8 Å². The monoisotopic (exact) mass is 432 g/mol. The number of carbonyl (C=O) groups is 1. The van der Waals surface area contributed by atoms with Crippen molar-refractivity contribution in [2.24, 2.45) is 5.92 Å². The molecule has 0 spiro atoms. The first-order valence-corrected chi connectivity index (χ1v) is 8.66. The molecule has 1 heterocycles. The van der Waals surface area contributed by atoms with Crippen LogP contribution in [0.4, 0.5) is 0 Å². The second kappa shape index (κ2) is 9.85. The number of rotatable bonds is 3. The Balaban J connectivity index is 0. The third-order valence-electron chi connectivity index (χ3n) is 2.63. The first-order chi connectivity index (χ1) is 10.5. The van der Waals surface area contributed by atoms with Crippen molar-refractivity contribution in [2.45, 2.75) is 20.4 Å². The van der Waals surface area contributed by atoms with E-state index in [9.17, 15) is 4.79 Å². The van der Waals surface area contributed by atoms with Gasteiger partial charge >= 0.3 is 45.9 Å². The molecular formula is C13H18BrN2NaO6S. The first-order valence-electron chi connectivity index (χ1n) is 6.47. The summed E-state index contributed by atoms with van der Waals surface area (Å²) in [6, 6.07) is 5.69. The summed E-state index contributed by atoms with van der Waals surface area (Å²) in [5, 5.41) is 5.28. The van der Waals surface area contributed by atoms with E-state index in [-0.39, 0.29) is 37.0 Å². The molecule has 0 radical (unpaired) electrons. The number of fused-ring (bicyclic) bond motifs is 1. The van der Waals surface area contributed by atoms with Gasteiger partial charge in [-0.25, -0.2) is 4.79 Å². The van der Waals surface area contributed by atoms with Gasteiger partial charge in [-0.15, -0.1) is 0 Å². The van der Waals surface area contributed by atoms with Gasteiger partial charge < -0.3 is 6.16 Å². The molecule has 2 rings (SSSR count). The maximum atomic E-state index is 11.9. The van der Waals surface area contributed by atoms with Crippen LogP contribution in [0.25, 0.3) is 10.9 Å². The molecule has 0 amide bonds. The summed E-state index contributed by atoms with van der Waals surface area (Å²) in [5.74, 6) is 0.0477. The zero-order chi connectivity index (χ0) is 17.8. The quantitative estimate of drug-likeness (QED) is 0.388. The van der Waals surface area contributed by atoms with Crippen molar-refractivity contribution < 1.29 is 58.0 Å². The van der Waals surface area contributed by atoms with Gasteiger partial charge in [-0.2, -0.15) is 13.5 Å². The minimum Gasteiger partial charge on any atom is -1.00 e. The van der Waals surface area contributed by atoms with Gasteiger partial charge in [-0.3, -0.25) is 13.8 Å². The van der Waals surface area contributed by atoms with Crippen molar-refractivity contribution >= 4 is 43.2 Å². The summed E-state index contributed by atoms with van der Waals surface area (Å²) in [6.45, 7) is 4.86. The normalized spacial score (nSPS) is 10.8. The van der Waals surface area contributed by atoms with Gasteiger partial charge in [0.2, 0.25) is 0 Å². The summed E-state index contributed by atoms with van der Waals surface area (Å²) in [7, 11) is -3.28. The average Bonchev–Trinajstić information content (AvgIpc) is 2.74. The molecule has 0 fully saturated rings. The van der Waals surface area contributed by atoms with Crippen molar-refractivity contribution in [1.82, 2.24) is 9.78 Å². The zero-order valence-electron chi connectivity index (χ0n) is 14.7. The molecule has 1 aromatic carbocycles. The number of hydrogen-bond acceptors (Lipinski definition) is 5. The summed E-state index contributed by atoms with van der Waals surface area (Å²) in [5.41, 5.74) is 1.30. The van der Waals surface area contributed by atoms with E-state index in [0.717, 1.165) is 15.4 Å². The molecule has 0 saturated carbocycles. The zero-order valence-corrected chi connectivity index (χ0v) is 18.1. The van der Waals surface area contributed by atoms with Crippen LogP contribution in [0.2, 0.25) is 0 Å². The smallest absolute Gasteiger partial charge is 1.00 e. The fourth-order valence-electron chi connectivity index (χ4n) is 1.92. The summed E-state index contributed by atoms with van der Waals surface area (Å²) in [6.07, 6.45) is 0. The van der Waals surface area contributed by atoms with Crippen LogP contribution in [0, 0.1) is 5.92 Å². The summed E-state index contributed by atoms with van der Waals surface area (Å²) < 4.78 is 39.0. The van der Waals surface area contributed by atoms with Gasteiger partial charge in [0.1, 0.15) is 0 Å². The standard InChI is InChI=1S/C13H15BrN2O2.Na.H2O4S.H/c1-8(2)7-16-12(13(17)18-3)11-9(14)5-4-6-10(11)15-16;;1-5(2,3)4;/h4-6,8H,7H2,1-3H3;;(H2,1,2,3,4);/q;+1;;-1. The van der Waals surface area contributed by atoms with Crippen molar-refractivity contribution in [2.75, 3.05) is 7.11 Å². The van der Waals surface area contributed by atoms with E-state index in [0.29, 0.717) is 18.2 Å². The number of methoxy groups -OCH3 is 1. The fraction of sp³-hybridized carbons (Fsp3) is 0.385. The molecule has 0 aliphatic rings. The Morgan fingerprint density at radius 1 is 1.42 bits per heavy atom. The average molecular weight is 433 g/mol. The number of esters is 1. The third-order valence-corrected chi connectivity index (χ3v) is 3.29. The maximum Gasteiger partial charge on any atom is 1.00 e. The summed E-state index contributed by atoms with van der Waals surface area (Å²) in [4.78, 5) is 11.9. The molecule has 0 aliphatic carbocycles. The van der Waals surface area contributed by atoms with Crippen LogP contribution in [0.15, 0.2) is 22.7 Å². The van der Waals surface area contributed by atoms with Crippen LogP contribution < -0.4 is 29.6 Å². The van der Waals surface area contributed by atoms with Crippen LogP contribution >= 0.6 is 15.9 Å². The van der Waals surface area contributed by atoms with E-state index in [2.05, 4.69) is 34.9 Å². The molecule has 0 bridgehead atoms. The number of nitrogens with zero attached hydrogens (tertiary/aromatic N) is 2. The summed E-state index contributed by atoms with van der Waals surface area (Å²) >= 11 is 3.46. The molecular weight excluding hydrogens is 415 g/mol. The number of aromatic nitrogens is 2. The van der Waals surface area contributed by atoms with Gasteiger partial charge in [0, 0.05) is 16.4 Å². The van der Waals surface area contributed by atoms with Crippen LogP contribution in [0.3, 0.4) is 0 Å². The number of ether oxygens (including phenoxy) is 1. The van der Waals surface area contributed by atoms with Crippen molar-refractivity contribution in [3.8, 4) is 0 Å². The first kappa shape index (κ1) is 23.5. The van der Waals surface area contributed by atoms with Crippen LogP contribution in [-0.2, 0) is 21.7 Å². The molecule has 0 atom stereocenters. The van der Waals surface area contributed by atoms with Gasteiger partial charge in [0.05, 0.1) is 12.6 Å². The van der Waals surface area contributed by atoms with E-state index in [1.165, 1.54) is 7.11 Å². The van der Waals surface area contributed by atoms with E-state index in [1.807, 2.05) is 18.2 Å². The number of carbonyl (C=O) groups excluding carboxylic acids is 1.